The summed E-state index contributed by atoms with van der Waals surface area (Å²) in [6, 6.07) is 2.68. The molecule has 1 aliphatic carbocycles. The summed E-state index contributed by atoms with van der Waals surface area (Å²) in [4.78, 5) is 6.60. The van der Waals surface area contributed by atoms with Crippen molar-refractivity contribution in [1.29, 1.82) is 0 Å². The summed E-state index contributed by atoms with van der Waals surface area (Å²) in [5.41, 5.74) is 8.18. The normalized spacial score (nSPS) is 24.6. The molecule has 0 spiro atoms. The highest BCUT2D eigenvalue weighted by molar-refractivity contribution is 5.51. The molecule has 94 valence electrons. The van der Waals surface area contributed by atoms with E-state index in [0.717, 1.165) is 5.92 Å². The fourth-order valence-corrected chi connectivity index (χ4v) is 2.73. The maximum absolute atomic E-state index is 5.79. The molecule has 0 amide bonds. The van der Waals surface area contributed by atoms with Crippen molar-refractivity contribution in [3.05, 3.63) is 24.0 Å². The summed E-state index contributed by atoms with van der Waals surface area (Å²) in [6.07, 6.45) is 9.02. The molecule has 0 saturated heterocycles. The van der Waals surface area contributed by atoms with E-state index >= 15 is 0 Å². The van der Waals surface area contributed by atoms with Crippen molar-refractivity contribution in [2.45, 2.75) is 45.2 Å². The first-order valence-electron chi connectivity index (χ1n) is 6.58. The molecule has 0 aliphatic heterocycles. The molecular formula is C14H23N3. The second-order valence-electron chi connectivity index (χ2n) is 5.23. The Balaban J connectivity index is 2.10. The zero-order valence-electron chi connectivity index (χ0n) is 10.9. The van der Waals surface area contributed by atoms with E-state index in [9.17, 15) is 0 Å². The van der Waals surface area contributed by atoms with Crippen molar-refractivity contribution >= 4 is 5.69 Å². The van der Waals surface area contributed by atoms with Gasteiger partial charge < -0.3 is 10.6 Å². The monoisotopic (exact) mass is 233 g/mol. The minimum atomic E-state index is 0.589. The van der Waals surface area contributed by atoms with Gasteiger partial charge in [0.1, 0.15) is 0 Å². The van der Waals surface area contributed by atoms with Crippen LogP contribution in [0.3, 0.4) is 0 Å². The Labute approximate surface area is 104 Å². The molecule has 1 heterocycles. The van der Waals surface area contributed by atoms with Crippen LogP contribution >= 0.6 is 0 Å². The summed E-state index contributed by atoms with van der Waals surface area (Å²) in [5, 5.41) is 0. The smallest absolute Gasteiger partial charge is 0.0598 e. The summed E-state index contributed by atoms with van der Waals surface area (Å²) >= 11 is 0. The summed E-state index contributed by atoms with van der Waals surface area (Å²) in [7, 11) is 2.18. The molecule has 3 heteroatoms. The lowest BCUT2D eigenvalue weighted by Gasteiger charge is -2.35. The predicted molar refractivity (Wildman–Crippen MR) is 72.0 cm³/mol. The molecule has 0 radical (unpaired) electrons. The van der Waals surface area contributed by atoms with Crippen molar-refractivity contribution in [2.75, 3.05) is 11.9 Å². The van der Waals surface area contributed by atoms with Gasteiger partial charge in [0.2, 0.25) is 0 Å². The highest BCUT2D eigenvalue weighted by atomic mass is 15.1. The van der Waals surface area contributed by atoms with Crippen molar-refractivity contribution in [3.63, 3.8) is 0 Å². The van der Waals surface area contributed by atoms with Crippen LogP contribution in [-0.2, 0) is 6.54 Å². The number of nitrogens with zero attached hydrogens (tertiary/aromatic N) is 2. The van der Waals surface area contributed by atoms with Crippen molar-refractivity contribution in [2.24, 2.45) is 11.7 Å². The van der Waals surface area contributed by atoms with Gasteiger partial charge in [-0.1, -0.05) is 6.92 Å². The van der Waals surface area contributed by atoms with E-state index in [1.54, 1.807) is 0 Å². The number of hydrogen-bond acceptors (Lipinski definition) is 3. The first kappa shape index (κ1) is 12.4. The van der Waals surface area contributed by atoms with Crippen LogP contribution in [-0.4, -0.2) is 18.1 Å². The van der Waals surface area contributed by atoms with E-state index in [1.165, 1.54) is 36.9 Å². The number of aromatic nitrogens is 1. The van der Waals surface area contributed by atoms with Gasteiger partial charge >= 0.3 is 0 Å². The van der Waals surface area contributed by atoms with Gasteiger partial charge in [-0.05, 0) is 43.2 Å². The Kier molecular flexibility index (Phi) is 4.00. The SMILES string of the molecule is CC1CCC(N(C)c2cnccc2CN)CC1. The van der Waals surface area contributed by atoms with Gasteiger partial charge in [0.05, 0.1) is 11.9 Å². The average molecular weight is 233 g/mol. The molecule has 2 N–H and O–H groups in total. The lowest BCUT2D eigenvalue weighted by molar-refractivity contribution is 0.340. The van der Waals surface area contributed by atoms with Crippen LogP contribution in [0.15, 0.2) is 18.5 Å². The van der Waals surface area contributed by atoms with Crippen molar-refractivity contribution in [3.8, 4) is 0 Å². The minimum absolute atomic E-state index is 0.589. The van der Waals surface area contributed by atoms with E-state index in [-0.39, 0.29) is 0 Å². The average Bonchev–Trinajstić information content (AvgIpc) is 2.39. The lowest BCUT2D eigenvalue weighted by atomic mass is 9.86. The van der Waals surface area contributed by atoms with Crippen molar-refractivity contribution in [1.82, 2.24) is 4.98 Å². The van der Waals surface area contributed by atoms with Gasteiger partial charge in [-0.2, -0.15) is 0 Å². The maximum atomic E-state index is 5.79. The molecule has 0 bridgehead atoms. The van der Waals surface area contributed by atoms with Gasteiger partial charge in [0.15, 0.2) is 0 Å². The molecule has 1 aromatic heterocycles. The second kappa shape index (κ2) is 5.50. The second-order valence-corrected chi connectivity index (χ2v) is 5.23. The highest BCUT2D eigenvalue weighted by Crippen LogP contribution is 2.30. The van der Waals surface area contributed by atoms with E-state index in [4.69, 9.17) is 5.73 Å². The zero-order valence-corrected chi connectivity index (χ0v) is 10.9. The van der Waals surface area contributed by atoms with E-state index in [2.05, 4.69) is 23.9 Å². The molecule has 1 fully saturated rings. The third kappa shape index (κ3) is 2.78. The van der Waals surface area contributed by atoms with Gasteiger partial charge in [-0.25, -0.2) is 0 Å². The maximum Gasteiger partial charge on any atom is 0.0598 e. The topological polar surface area (TPSA) is 42.2 Å². The van der Waals surface area contributed by atoms with Gasteiger partial charge in [-0.15, -0.1) is 0 Å². The van der Waals surface area contributed by atoms with E-state index in [1.807, 2.05) is 18.5 Å². The molecule has 1 saturated carbocycles. The summed E-state index contributed by atoms with van der Waals surface area (Å²) < 4.78 is 0. The molecule has 1 aromatic rings. The van der Waals surface area contributed by atoms with Crippen LogP contribution in [0.1, 0.15) is 38.2 Å². The molecule has 2 rings (SSSR count). The molecule has 0 aromatic carbocycles. The van der Waals surface area contributed by atoms with E-state index < -0.39 is 0 Å². The molecule has 0 unspecified atom stereocenters. The number of anilines is 1. The molecule has 0 atom stereocenters. The Morgan fingerprint density at radius 3 is 2.71 bits per heavy atom. The lowest BCUT2D eigenvalue weighted by Crippen LogP contribution is -2.35. The Morgan fingerprint density at radius 1 is 1.35 bits per heavy atom. The quantitative estimate of drug-likeness (QED) is 0.872. The Bertz CT molecular complexity index is 356. The van der Waals surface area contributed by atoms with Crippen LogP contribution in [0.2, 0.25) is 0 Å². The first-order chi connectivity index (χ1) is 8.22. The van der Waals surface area contributed by atoms with Crippen LogP contribution in [0.25, 0.3) is 0 Å². The van der Waals surface area contributed by atoms with Gasteiger partial charge in [0.25, 0.3) is 0 Å². The fraction of sp³-hybridized carbons (Fsp3) is 0.643. The Hall–Kier alpha value is -1.09. The number of hydrogen-bond donors (Lipinski definition) is 1. The zero-order chi connectivity index (χ0) is 12.3. The standard InChI is InChI=1S/C14H23N3/c1-11-3-5-13(6-4-11)17(2)14-10-16-8-7-12(14)9-15/h7-8,10-11,13H,3-6,9,15H2,1-2H3. The Morgan fingerprint density at radius 2 is 2.06 bits per heavy atom. The third-order valence-electron chi connectivity index (χ3n) is 4.02. The minimum Gasteiger partial charge on any atom is -0.370 e. The number of pyridine rings is 1. The first-order valence-corrected chi connectivity index (χ1v) is 6.58. The predicted octanol–water partition coefficient (Wildman–Crippen LogP) is 2.56. The summed E-state index contributed by atoms with van der Waals surface area (Å²) in [5.74, 6) is 0.891. The molecule has 1 aliphatic rings. The molecule has 3 nitrogen and oxygen atoms in total. The van der Waals surface area contributed by atoms with Gasteiger partial charge in [-0.3, -0.25) is 4.98 Å². The summed E-state index contributed by atoms with van der Waals surface area (Å²) in [6.45, 7) is 2.94. The largest absolute Gasteiger partial charge is 0.370 e. The van der Waals surface area contributed by atoms with E-state index in [0.29, 0.717) is 12.6 Å². The number of rotatable bonds is 3. The van der Waals surface area contributed by atoms with Gasteiger partial charge in [0, 0.05) is 25.8 Å². The third-order valence-corrected chi connectivity index (χ3v) is 4.02. The van der Waals surface area contributed by atoms with Crippen LogP contribution in [0, 0.1) is 5.92 Å². The fourth-order valence-electron chi connectivity index (χ4n) is 2.73. The highest BCUT2D eigenvalue weighted by Gasteiger charge is 2.22. The number of nitrogens with two attached hydrogens (primary N) is 1. The molecule has 17 heavy (non-hydrogen) atoms. The van der Waals surface area contributed by atoms with Crippen LogP contribution in [0.4, 0.5) is 5.69 Å². The molecular weight excluding hydrogens is 210 g/mol. The van der Waals surface area contributed by atoms with Crippen LogP contribution in [0.5, 0.6) is 0 Å². The van der Waals surface area contributed by atoms with Crippen LogP contribution < -0.4 is 10.6 Å². The van der Waals surface area contributed by atoms with Crippen molar-refractivity contribution < 1.29 is 0 Å².